The van der Waals surface area contributed by atoms with E-state index >= 15 is 0 Å². The van der Waals surface area contributed by atoms with Crippen LogP contribution in [0.25, 0.3) is 6.08 Å². The maximum absolute atomic E-state index is 13.2. The van der Waals surface area contributed by atoms with Crippen molar-refractivity contribution in [2.75, 3.05) is 7.11 Å². The predicted molar refractivity (Wildman–Crippen MR) is 109 cm³/mol. The number of hydrogen-bond donors (Lipinski definition) is 0. The highest BCUT2D eigenvalue weighted by Crippen LogP contribution is 2.32. The van der Waals surface area contributed by atoms with E-state index in [0.717, 1.165) is 15.3 Å². The largest absolute Gasteiger partial charge is 0.466 e. The molecule has 8 heteroatoms. The molecule has 0 fully saturated rings. The molecule has 5 nitrogen and oxygen atoms in total. The Kier molecular flexibility index (Phi) is 4.71. The van der Waals surface area contributed by atoms with Gasteiger partial charge in [-0.3, -0.25) is 9.36 Å². The molecule has 0 aliphatic carbocycles. The summed E-state index contributed by atoms with van der Waals surface area (Å²) in [6.45, 7) is 3.81. The number of thiophene rings is 2. The Labute approximate surface area is 167 Å². The smallest absolute Gasteiger partial charge is 0.338 e. The van der Waals surface area contributed by atoms with Crippen LogP contribution >= 0.6 is 34.0 Å². The Balaban J connectivity index is 2.00. The molecule has 4 rings (SSSR count). The lowest BCUT2D eigenvalue weighted by molar-refractivity contribution is -0.136. The van der Waals surface area contributed by atoms with Gasteiger partial charge in [-0.25, -0.2) is 9.79 Å². The SMILES string of the molecule is COC(=O)C1=C(C)N=c2sc(=Cc3sccc3C)c(=O)n2C1c1cccs1. The fourth-order valence-corrected chi connectivity index (χ4v) is 5.85. The summed E-state index contributed by atoms with van der Waals surface area (Å²) in [4.78, 5) is 32.8. The van der Waals surface area contributed by atoms with Crippen molar-refractivity contribution in [3.05, 3.63) is 75.2 Å². The van der Waals surface area contributed by atoms with E-state index < -0.39 is 12.0 Å². The summed E-state index contributed by atoms with van der Waals surface area (Å²) in [5.74, 6) is -0.460. The second-order valence-corrected chi connectivity index (χ2v) is 8.99. The number of hydrogen-bond acceptors (Lipinski definition) is 7. The first-order chi connectivity index (χ1) is 13.0. The summed E-state index contributed by atoms with van der Waals surface area (Å²) in [6.07, 6.45) is 1.91. The van der Waals surface area contributed by atoms with E-state index in [1.54, 1.807) is 22.8 Å². The summed E-state index contributed by atoms with van der Waals surface area (Å²) >= 11 is 4.45. The van der Waals surface area contributed by atoms with Gasteiger partial charge >= 0.3 is 5.97 Å². The normalized spacial score (nSPS) is 17.0. The van der Waals surface area contributed by atoms with Crippen LogP contribution in [-0.2, 0) is 9.53 Å². The molecule has 0 saturated carbocycles. The molecular weight excluding hydrogens is 400 g/mol. The van der Waals surface area contributed by atoms with Gasteiger partial charge in [0.25, 0.3) is 5.56 Å². The zero-order chi connectivity index (χ0) is 19.1. The molecule has 27 heavy (non-hydrogen) atoms. The minimum atomic E-state index is -0.514. The van der Waals surface area contributed by atoms with Crippen LogP contribution in [0.5, 0.6) is 0 Å². The molecule has 0 radical (unpaired) electrons. The second-order valence-electron chi connectivity index (χ2n) is 6.06. The van der Waals surface area contributed by atoms with E-state index in [4.69, 9.17) is 4.74 Å². The van der Waals surface area contributed by atoms with Crippen LogP contribution in [0, 0.1) is 6.92 Å². The fourth-order valence-electron chi connectivity index (χ4n) is 3.06. The number of esters is 1. The van der Waals surface area contributed by atoms with Crippen molar-refractivity contribution >= 4 is 46.1 Å². The zero-order valence-electron chi connectivity index (χ0n) is 14.9. The Hall–Kier alpha value is -2.29. The van der Waals surface area contributed by atoms with Crippen LogP contribution in [0.1, 0.15) is 28.3 Å². The molecule has 1 aliphatic rings. The predicted octanol–water partition coefficient (Wildman–Crippen LogP) is 2.84. The summed E-state index contributed by atoms with van der Waals surface area (Å²) in [5, 5.41) is 3.94. The molecule has 0 amide bonds. The summed E-state index contributed by atoms with van der Waals surface area (Å²) in [5.41, 5.74) is 1.98. The van der Waals surface area contributed by atoms with Gasteiger partial charge in [0.2, 0.25) is 0 Å². The van der Waals surface area contributed by atoms with Gasteiger partial charge in [-0.05, 0) is 48.4 Å². The maximum atomic E-state index is 13.2. The molecule has 1 atom stereocenters. The van der Waals surface area contributed by atoms with Crippen LogP contribution < -0.4 is 14.9 Å². The first kappa shape index (κ1) is 18.1. The van der Waals surface area contributed by atoms with Gasteiger partial charge in [-0.2, -0.15) is 0 Å². The number of carbonyl (C=O) groups is 1. The van der Waals surface area contributed by atoms with E-state index in [1.165, 1.54) is 29.8 Å². The third-order valence-corrected chi connectivity index (χ3v) is 7.28. The highest BCUT2D eigenvalue weighted by Gasteiger charge is 2.33. The number of rotatable bonds is 3. The molecule has 0 saturated heterocycles. The highest BCUT2D eigenvalue weighted by atomic mass is 32.1. The van der Waals surface area contributed by atoms with Gasteiger partial charge in [0, 0.05) is 9.75 Å². The number of aromatic nitrogens is 1. The van der Waals surface area contributed by atoms with Crippen molar-refractivity contribution in [1.29, 1.82) is 0 Å². The van der Waals surface area contributed by atoms with E-state index in [2.05, 4.69) is 4.99 Å². The van der Waals surface area contributed by atoms with Gasteiger partial charge in [0.1, 0.15) is 6.04 Å². The fraction of sp³-hybridized carbons (Fsp3) is 0.211. The second kappa shape index (κ2) is 7.03. The average molecular weight is 417 g/mol. The third kappa shape index (κ3) is 3.03. The van der Waals surface area contributed by atoms with Crippen molar-refractivity contribution in [1.82, 2.24) is 4.57 Å². The highest BCUT2D eigenvalue weighted by molar-refractivity contribution is 7.11. The van der Waals surface area contributed by atoms with Crippen LogP contribution in [0.3, 0.4) is 0 Å². The molecule has 3 aromatic heterocycles. The van der Waals surface area contributed by atoms with Gasteiger partial charge in [-0.15, -0.1) is 22.7 Å². The first-order valence-electron chi connectivity index (χ1n) is 8.19. The lowest BCUT2D eigenvalue weighted by Crippen LogP contribution is -2.39. The van der Waals surface area contributed by atoms with Crippen LogP contribution in [0.15, 0.2) is 50.0 Å². The number of ether oxygens (including phenoxy) is 1. The molecule has 0 N–H and O–H groups in total. The van der Waals surface area contributed by atoms with Gasteiger partial charge in [0.05, 0.1) is 22.9 Å². The minimum absolute atomic E-state index is 0.140. The van der Waals surface area contributed by atoms with E-state index in [0.29, 0.717) is 20.6 Å². The molecule has 3 aromatic rings. The summed E-state index contributed by atoms with van der Waals surface area (Å²) in [6, 6.07) is 5.36. The van der Waals surface area contributed by atoms with E-state index in [1.807, 2.05) is 42.0 Å². The van der Waals surface area contributed by atoms with Crippen molar-refractivity contribution in [3.63, 3.8) is 0 Å². The summed E-state index contributed by atoms with van der Waals surface area (Å²) < 4.78 is 7.21. The molecular formula is C19H16N2O3S3. The number of allylic oxidation sites excluding steroid dienone is 1. The Morgan fingerprint density at radius 2 is 2.07 bits per heavy atom. The summed E-state index contributed by atoms with van der Waals surface area (Å²) in [7, 11) is 1.35. The van der Waals surface area contributed by atoms with Crippen molar-refractivity contribution in [2.45, 2.75) is 19.9 Å². The number of fused-ring (bicyclic) bond motifs is 1. The van der Waals surface area contributed by atoms with Gasteiger partial charge < -0.3 is 4.74 Å². The standard InChI is InChI=1S/C19H16N2O3S3/c1-10-6-8-26-13(10)9-14-17(22)21-16(12-5-4-7-25-12)15(18(23)24-3)11(2)20-19(21)27-14/h4-9,16H,1-3H3. The number of nitrogens with zero attached hydrogens (tertiary/aromatic N) is 2. The van der Waals surface area contributed by atoms with E-state index in [-0.39, 0.29) is 5.56 Å². The molecule has 0 aromatic carbocycles. The van der Waals surface area contributed by atoms with Crippen molar-refractivity contribution in [3.8, 4) is 0 Å². The molecule has 0 spiro atoms. The third-order valence-electron chi connectivity index (χ3n) is 4.40. The number of methoxy groups -OCH3 is 1. The van der Waals surface area contributed by atoms with Crippen LogP contribution in [-0.4, -0.2) is 17.6 Å². The molecule has 0 bridgehead atoms. The van der Waals surface area contributed by atoms with Crippen LogP contribution in [0.4, 0.5) is 0 Å². The van der Waals surface area contributed by atoms with E-state index in [9.17, 15) is 9.59 Å². The van der Waals surface area contributed by atoms with Crippen molar-refractivity contribution in [2.24, 2.45) is 4.99 Å². The monoisotopic (exact) mass is 416 g/mol. The molecule has 1 aliphatic heterocycles. The average Bonchev–Trinajstić information content (AvgIpc) is 3.37. The quantitative estimate of drug-likeness (QED) is 0.617. The zero-order valence-corrected chi connectivity index (χ0v) is 17.3. The Morgan fingerprint density at radius 3 is 2.70 bits per heavy atom. The van der Waals surface area contributed by atoms with Gasteiger partial charge in [-0.1, -0.05) is 17.4 Å². The van der Waals surface area contributed by atoms with Gasteiger partial charge in [0.15, 0.2) is 4.80 Å². The lowest BCUT2D eigenvalue weighted by atomic mass is 10.0. The maximum Gasteiger partial charge on any atom is 0.338 e. The lowest BCUT2D eigenvalue weighted by Gasteiger charge is -2.22. The molecule has 1 unspecified atom stereocenters. The van der Waals surface area contributed by atoms with Crippen LogP contribution in [0.2, 0.25) is 0 Å². The number of carbonyl (C=O) groups excluding carboxylic acids is 1. The Morgan fingerprint density at radius 1 is 1.26 bits per heavy atom. The first-order valence-corrected chi connectivity index (χ1v) is 10.8. The minimum Gasteiger partial charge on any atom is -0.466 e. The topological polar surface area (TPSA) is 60.7 Å². The molecule has 4 heterocycles. The van der Waals surface area contributed by atoms with Crippen molar-refractivity contribution < 1.29 is 9.53 Å². The number of thiazole rings is 1. The molecule has 138 valence electrons. The number of aryl methyl sites for hydroxylation is 1. The Bertz CT molecular complexity index is 1230.